The minimum Gasteiger partial charge on any atom is -0.412 e. The van der Waals surface area contributed by atoms with E-state index in [4.69, 9.17) is 23.0 Å². The van der Waals surface area contributed by atoms with Crippen molar-refractivity contribution in [2.45, 2.75) is 25.4 Å². The van der Waals surface area contributed by atoms with Gasteiger partial charge in [-0.25, -0.2) is 15.2 Å². The zero-order chi connectivity index (χ0) is 21.6. The lowest BCUT2D eigenvalue weighted by molar-refractivity contribution is 0.222. The Morgan fingerprint density at radius 3 is 2.56 bits per heavy atom. The Labute approximate surface area is 192 Å². The van der Waals surface area contributed by atoms with Crippen LogP contribution in [0.3, 0.4) is 0 Å². The third kappa shape index (κ3) is 5.92. The van der Waals surface area contributed by atoms with Crippen LogP contribution in [0.15, 0.2) is 48.5 Å². The molecule has 4 rings (SSSR count). The Morgan fingerprint density at radius 2 is 1.84 bits per heavy atom. The number of nitrogens with one attached hydrogen (secondary N) is 3. The molecule has 7 N–H and O–H groups in total. The van der Waals surface area contributed by atoms with Crippen LogP contribution in [0, 0.1) is 5.82 Å². The topological polar surface area (TPSA) is 115 Å². The van der Waals surface area contributed by atoms with E-state index in [0.717, 1.165) is 61.6 Å². The fraction of sp³-hybridized carbons (Fsp3) is 0.364. The fourth-order valence-corrected chi connectivity index (χ4v) is 4.08. The van der Waals surface area contributed by atoms with Crippen molar-refractivity contribution < 1.29 is 9.87 Å². The monoisotopic (exact) mass is 459 g/mol. The van der Waals surface area contributed by atoms with Gasteiger partial charge in [0, 0.05) is 32.2 Å². The lowest BCUT2D eigenvalue weighted by Crippen LogP contribution is -2.45. The van der Waals surface area contributed by atoms with Crippen molar-refractivity contribution in [3.8, 4) is 0 Å². The smallest absolute Gasteiger partial charge is 0.204 e. The molecule has 0 atom stereocenters. The number of thiocarbonyl (C=S) groups is 1. The van der Waals surface area contributed by atoms with Crippen LogP contribution in [-0.4, -0.2) is 57.3 Å². The summed E-state index contributed by atoms with van der Waals surface area (Å²) in [5.41, 5.74) is 5.51. The average molecular weight is 460 g/mol. The Morgan fingerprint density at radius 1 is 1.12 bits per heavy atom. The molecule has 0 saturated carbocycles. The maximum Gasteiger partial charge on any atom is 0.204 e. The number of anilines is 1. The van der Waals surface area contributed by atoms with Crippen LogP contribution in [0.2, 0.25) is 0 Å². The highest BCUT2D eigenvalue weighted by atomic mass is 32.1. The zero-order valence-electron chi connectivity index (χ0n) is 17.9. The number of nitrogens with zero attached hydrogens (tertiary/aromatic N) is 3. The molecule has 1 fully saturated rings. The Bertz CT molecular complexity index is 1020. The molecule has 2 heterocycles. The molecule has 0 aliphatic carbocycles. The number of halogens is 1. The van der Waals surface area contributed by atoms with Crippen molar-refractivity contribution in [1.29, 1.82) is 0 Å². The quantitative estimate of drug-likeness (QED) is 0.241. The number of para-hydroxylation sites is 2. The summed E-state index contributed by atoms with van der Waals surface area (Å²) in [7, 11) is 0. The summed E-state index contributed by atoms with van der Waals surface area (Å²) in [5.74, 6) is 5.92. The molecule has 0 spiro atoms. The predicted molar refractivity (Wildman–Crippen MR) is 130 cm³/mol. The van der Waals surface area contributed by atoms with Gasteiger partial charge in [-0.15, -0.1) is 0 Å². The SMILES string of the molecule is NNC(=S)NCCN1CCC(Nc2nc3ccccc3n2Cc2ccc(F)cc2)CC1.O. The Kier molecular flexibility index (Phi) is 8.34. The van der Waals surface area contributed by atoms with Crippen molar-refractivity contribution in [3.63, 3.8) is 0 Å². The minimum atomic E-state index is -0.222. The molecule has 0 amide bonds. The van der Waals surface area contributed by atoms with Crippen LogP contribution in [0.5, 0.6) is 0 Å². The van der Waals surface area contributed by atoms with E-state index in [2.05, 4.69) is 31.6 Å². The van der Waals surface area contributed by atoms with Crippen LogP contribution < -0.4 is 21.9 Å². The molecular formula is C22H30FN7OS. The van der Waals surface area contributed by atoms with E-state index in [0.29, 0.717) is 17.7 Å². The minimum absolute atomic E-state index is 0. The Balaban J connectivity index is 0.00000289. The van der Waals surface area contributed by atoms with Crippen LogP contribution in [0.1, 0.15) is 18.4 Å². The van der Waals surface area contributed by atoms with Crippen LogP contribution in [-0.2, 0) is 6.54 Å². The van der Waals surface area contributed by atoms with Crippen molar-refractivity contribution >= 4 is 34.3 Å². The molecule has 10 heteroatoms. The second-order valence-electron chi connectivity index (χ2n) is 7.80. The third-order valence-corrected chi connectivity index (χ3v) is 5.94. The number of rotatable bonds is 7. The number of hydrogen-bond donors (Lipinski definition) is 4. The molecule has 1 saturated heterocycles. The van der Waals surface area contributed by atoms with E-state index in [-0.39, 0.29) is 11.3 Å². The third-order valence-electron chi connectivity index (χ3n) is 5.67. The van der Waals surface area contributed by atoms with Gasteiger partial charge in [-0.05, 0) is 54.9 Å². The molecule has 1 aromatic heterocycles. The highest BCUT2D eigenvalue weighted by Crippen LogP contribution is 2.24. The van der Waals surface area contributed by atoms with Gasteiger partial charge in [-0.1, -0.05) is 24.3 Å². The van der Waals surface area contributed by atoms with Gasteiger partial charge in [0.2, 0.25) is 5.95 Å². The molecule has 0 radical (unpaired) electrons. The number of nitrogens with two attached hydrogens (primary N) is 1. The first-order valence-corrected chi connectivity index (χ1v) is 11.0. The first kappa shape index (κ1) is 23.9. The fourth-order valence-electron chi connectivity index (χ4n) is 3.98. The van der Waals surface area contributed by atoms with E-state index in [1.165, 1.54) is 12.1 Å². The van der Waals surface area contributed by atoms with Gasteiger partial charge in [0.05, 0.1) is 17.6 Å². The van der Waals surface area contributed by atoms with Crippen molar-refractivity contribution in [2.75, 3.05) is 31.5 Å². The summed E-state index contributed by atoms with van der Waals surface area (Å²) in [5, 5.41) is 7.21. The van der Waals surface area contributed by atoms with E-state index >= 15 is 0 Å². The van der Waals surface area contributed by atoms with Crippen LogP contribution in [0.4, 0.5) is 10.3 Å². The summed E-state index contributed by atoms with van der Waals surface area (Å²) in [4.78, 5) is 7.26. The van der Waals surface area contributed by atoms with Gasteiger partial charge in [0.15, 0.2) is 5.11 Å². The predicted octanol–water partition coefficient (Wildman–Crippen LogP) is 1.61. The van der Waals surface area contributed by atoms with Crippen molar-refractivity contribution in [3.05, 3.63) is 59.9 Å². The molecule has 3 aromatic rings. The number of likely N-dealkylation sites (tertiary alicyclic amines) is 1. The maximum atomic E-state index is 13.3. The van der Waals surface area contributed by atoms with Crippen LogP contribution in [0.25, 0.3) is 11.0 Å². The normalized spacial score (nSPS) is 14.7. The molecule has 0 unspecified atom stereocenters. The zero-order valence-corrected chi connectivity index (χ0v) is 18.7. The van der Waals surface area contributed by atoms with Gasteiger partial charge >= 0.3 is 0 Å². The molecular weight excluding hydrogens is 429 g/mol. The number of piperidine rings is 1. The number of imidazole rings is 1. The summed E-state index contributed by atoms with van der Waals surface area (Å²) < 4.78 is 15.5. The largest absolute Gasteiger partial charge is 0.412 e. The van der Waals surface area contributed by atoms with E-state index in [1.54, 1.807) is 0 Å². The number of hydrogen-bond acceptors (Lipinski definition) is 5. The summed E-state index contributed by atoms with van der Waals surface area (Å²) >= 11 is 5.00. The second-order valence-corrected chi connectivity index (χ2v) is 8.21. The van der Waals surface area contributed by atoms with E-state index in [9.17, 15) is 4.39 Å². The summed E-state index contributed by atoms with van der Waals surface area (Å²) in [6.45, 7) is 4.37. The van der Waals surface area contributed by atoms with Crippen molar-refractivity contribution in [2.24, 2.45) is 5.84 Å². The number of hydrazine groups is 1. The maximum absolute atomic E-state index is 13.3. The summed E-state index contributed by atoms with van der Waals surface area (Å²) in [6, 6.07) is 15.1. The lowest BCUT2D eigenvalue weighted by Gasteiger charge is -2.32. The number of fused-ring (bicyclic) bond motifs is 1. The molecule has 172 valence electrons. The summed E-state index contributed by atoms with van der Waals surface area (Å²) in [6.07, 6.45) is 2.08. The second kappa shape index (κ2) is 11.2. The van der Waals surface area contributed by atoms with Gasteiger partial charge < -0.3 is 31.0 Å². The van der Waals surface area contributed by atoms with E-state index < -0.39 is 0 Å². The standard InChI is InChI=1S/C22H28FN7S.H2O/c23-17-7-5-16(6-8-17)15-30-20-4-2-1-3-19(20)27-21(30)26-18-9-12-29(13-10-18)14-11-25-22(31)28-24;/h1-8,18H,9-15,24H2,(H,26,27)(H2,25,28,31);1H2. The highest BCUT2D eigenvalue weighted by molar-refractivity contribution is 7.80. The number of benzene rings is 2. The molecule has 32 heavy (non-hydrogen) atoms. The average Bonchev–Trinajstić information content (AvgIpc) is 3.13. The van der Waals surface area contributed by atoms with Gasteiger partial charge in [0.25, 0.3) is 0 Å². The molecule has 2 aromatic carbocycles. The van der Waals surface area contributed by atoms with Crippen LogP contribution >= 0.6 is 12.2 Å². The van der Waals surface area contributed by atoms with Gasteiger partial charge in [0.1, 0.15) is 5.82 Å². The lowest BCUT2D eigenvalue weighted by atomic mass is 10.1. The first-order chi connectivity index (χ1) is 15.1. The highest BCUT2D eigenvalue weighted by Gasteiger charge is 2.21. The van der Waals surface area contributed by atoms with Gasteiger partial charge in [-0.3, -0.25) is 0 Å². The van der Waals surface area contributed by atoms with Crippen molar-refractivity contribution in [1.82, 2.24) is 25.2 Å². The molecule has 8 nitrogen and oxygen atoms in total. The molecule has 0 bridgehead atoms. The van der Waals surface area contributed by atoms with Gasteiger partial charge in [-0.2, -0.15) is 0 Å². The first-order valence-electron chi connectivity index (χ1n) is 10.6. The Hall–Kier alpha value is -2.79. The van der Waals surface area contributed by atoms with E-state index in [1.807, 2.05) is 30.3 Å². The molecule has 1 aliphatic rings. The molecule has 1 aliphatic heterocycles. The number of aromatic nitrogens is 2.